The van der Waals surface area contributed by atoms with Gasteiger partial charge in [0.15, 0.2) is 0 Å². The van der Waals surface area contributed by atoms with Crippen molar-refractivity contribution in [2.75, 3.05) is 5.33 Å². The Balaban J connectivity index is 2.83. The van der Waals surface area contributed by atoms with Crippen molar-refractivity contribution in [2.24, 2.45) is 0 Å². The number of alkyl halides is 4. The van der Waals surface area contributed by atoms with Gasteiger partial charge in [0, 0.05) is 10.9 Å². The van der Waals surface area contributed by atoms with Crippen LogP contribution in [0, 0.1) is 0 Å². The van der Waals surface area contributed by atoms with Crippen LogP contribution in [0.15, 0.2) is 18.2 Å². The van der Waals surface area contributed by atoms with Gasteiger partial charge >= 0.3 is 6.61 Å². The number of aryl methyl sites for hydroxylation is 1. The Morgan fingerprint density at radius 3 is 2.69 bits per heavy atom. The third-order valence-corrected chi connectivity index (χ3v) is 2.94. The molecule has 0 atom stereocenters. The maximum atomic E-state index is 12.1. The van der Waals surface area contributed by atoms with Crippen LogP contribution >= 0.6 is 27.5 Å². The second kappa shape index (κ2) is 7.07. The Kier molecular flexibility index (Phi) is 6.06. The van der Waals surface area contributed by atoms with E-state index in [2.05, 4.69) is 20.7 Å². The molecule has 0 aliphatic rings. The highest BCUT2D eigenvalue weighted by molar-refractivity contribution is 9.09. The Bertz CT molecular complexity index is 334. The molecular weight excluding hydrogens is 301 g/mol. The smallest absolute Gasteiger partial charge is 0.387 e. The van der Waals surface area contributed by atoms with Gasteiger partial charge in [0.2, 0.25) is 0 Å². The molecule has 0 aliphatic carbocycles. The van der Waals surface area contributed by atoms with Crippen molar-refractivity contribution < 1.29 is 13.5 Å². The largest absolute Gasteiger partial charge is 0.434 e. The quantitative estimate of drug-likeness (QED) is 0.709. The summed E-state index contributed by atoms with van der Waals surface area (Å²) in [5, 5.41) is 0.884. The molecule has 0 unspecified atom stereocenters. The van der Waals surface area contributed by atoms with Crippen molar-refractivity contribution in [1.82, 2.24) is 0 Å². The molecule has 0 N–H and O–H groups in total. The molecule has 0 saturated carbocycles. The fraction of sp³-hybridized carbons (Fsp3) is 0.455. The van der Waals surface area contributed by atoms with Crippen LogP contribution in [0.3, 0.4) is 0 Å². The molecule has 1 aromatic carbocycles. The Labute approximate surface area is 107 Å². The Morgan fingerprint density at radius 2 is 2.12 bits per heavy atom. The highest BCUT2D eigenvalue weighted by Gasteiger charge is 2.09. The monoisotopic (exact) mass is 312 g/mol. The molecule has 0 heterocycles. The number of ether oxygens (including phenoxy) is 1. The molecule has 90 valence electrons. The summed E-state index contributed by atoms with van der Waals surface area (Å²) in [6.45, 7) is -2.81. The first-order valence-electron chi connectivity index (χ1n) is 4.86. The van der Waals surface area contributed by atoms with E-state index in [1.54, 1.807) is 12.1 Å². The van der Waals surface area contributed by atoms with Crippen molar-refractivity contribution >= 4 is 27.5 Å². The highest BCUT2D eigenvalue weighted by atomic mass is 79.9. The van der Waals surface area contributed by atoms with Gasteiger partial charge in [-0.25, -0.2) is 0 Å². The SMILES string of the molecule is FC(F)Oc1cc(CCCBr)ccc1CCl. The van der Waals surface area contributed by atoms with Crippen LogP contribution in [0.2, 0.25) is 0 Å². The molecular formula is C11H12BrClF2O. The van der Waals surface area contributed by atoms with E-state index < -0.39 is 6.61 Å². The van der Waals surface area contributed by atoms with Gasteiger partial charge in [-0.05, 0) is 24.5 Å². The van der Waals surface area contributed by atoms with Gasteiger partial charge in [-0.15, -0.1) is 11.6 Å². The summed E-state index contributed by atoms with van der Waals surface area (Å²) >= 11 is 8.96. The zero-order valence-corrected chi connectivity index (χ0v) is 10.9. The molecule has 0 saturated heterocycles. The predicted molar refractivity (Wildman–Crippen MR) is 64.7 cm³/mol. The minimum atomic E-state index is -2.81. The normalized spacial score (nSPS) is 10.8. The van der Waals surface area contributed by atoms with E-state index in [0.29, 0.717) is 5.56 Å². The zero-order chi connectivity index (χ0) is 12.0. The fourth-order valence-electron chi connectivity index (χ4n) is 1.34. The van der Waals surface area contributed by atoms with Gasteiger partial charge in [-0.3, -0.25) is 0 Å². The lowest BCUT2D eigenvalue weighted by atomic mass is 10.1. The van der Waals surface area contributed by atoms with Gasteiger partial charge in [-0.1, -0.05) is 28.1 Å². The second-order valence-electron chi connectivity index (χ2n) is 3.25. The van der Waals surface area contributed by atoms with E-state index >= 15 is 0 Å². The van der Waals surface area contributed by atoms with Crippen molar-refractivity contribution in [2.45, 2.75) is 25.3 Å². The molecule has 0 bridgehead atoms. The minimum absolute atomic E-state index is 0.167. The number of hydrogen-bond donors (Lipinski definition) is 0. The average molecular weight is 314 g/mol. The first-order chi connectivity index (χ1) is 7.67. The van der Waals surface area contributed by atoms with Crippen LogP contribution < -0.4 is 4.74 Å². The molecule has 0 spiro atoms. The number of benzene rings is 1. The summed E-state index contributed by atoms with van der Waals surface area (Å²) < 4.78 is 28.7. The molecule has 0 radical (unpaired) electrons. The summed E-state index contributed by atoms with van der Waals surface area (Å²) in [4.78, 5) is 0. The predicted octanol–water partition coefficient (Wildman–Crippen LogP) is 4.35. The van der Waals surface area contributed by atoms with Gasteiger partial charge in [-0.2, -0.15) is 8.78 Å². The molecule has 16 heavy (non-hydrogen) atoms. The fourth-order valence-corrected chi connectivity index (χ4v) is 1.84. The number of halogens is 4. The first kappa shape index (κ1) is 13.7. The van der Waals surface area contributed by atoms with Gasteiger partial charge in [0.05, 0.1) is 5.88 Å². The molecule has 1 nitrogen and oxygen atoms in total. The molecule has 0 aliphatic heterocycles. The summed E-state index contributed by atoms with van der Waals surface area (Å²) in [7, 11) is 0. The first-order valence-corrected chi connectivity index (χ1v) is 6.51. The van der Waals surface area contributed by atoms with E-state index in [1.165, 1.54) is 0 Å². The zero-order valence-electron chi connectivity index (χ0n) is 8.56. The van der Waals surface area contributed by atoms with Gasteiger partial charge in [0.1, 0.15) is 5.75 Å². The maximum absolute atomic E-state index is 12.1. The van der Waals surface area contributed by atoms with Crippen molar-refractivity contribution in [3.8, 4) is 5.75 Å². The van der Waals surface area contributed by atoms with Crippen LogP contribution in [-0.4, -0.2) is 11.9 Å². The number of rotatable bonds is 6. The average Bonchev–Trinajstić information content (AvgIpc) is 2.26. The molecule has 0 aromatic heterocycles. The van der Waals surface area contributed by atoms with E-state index in [4.69, 9.17) is 11.6 Å². The summed E-state index contributed by atoms with van der Waals surface area (Å²) in [6.07, 6.45) is 1.78. The number of hydrogen-bond acceptors (Lipinski definition) is 1. The lowest BCUT2D eigenvalue weighted by molar-refractivity contribution is -0.0503. The summed E-state index contributed by atoms with van der Waals surface area (Å²) in [5.41, 5.74) is 1.56. The Morgan fingerprint density at radius 1 is 1.38 bits per heavy atom. The summed E-state index contributed by atoms with van der Waals surface area (Å²) in [5.74, 6) is 0.345. The minimum Gasteiger partial charge on any atom is -0.434 e. The molecule has 5 heteroatoms. The van der Waals surface area contributed by atoms with E-state index in [0.717, 1.165) is 23.7 Å². The maximum Gasteiger partial charge on any atom is 0.387 e. The van der Waals surface area contributed by atoms with Crippen molar-refractivity contribution in [3.05, 3.63) is 29.3 Å². The van der Waals surface area contributed by atoms with Crippen LogP contribution in [0.4, 0.5) is 8.78 Å². The topological polar surface area (TPSA) is 9.23 Å². The lowest BCUT2D eigenvalue weighted by Crippen LogP contribution is -2.04. The van der Waals surface area contributed by atoms with Crippen LogP contribution in [-0.2, 0) is 12.3 Å². The van der Waals surface area contributed by atoms with Gasteiger partial charge < -0.3 is 4.74 Å². The third-order valence-electron chi connectivity index (χ3n) is 2.09. The third kappa shape index (κ3) is 4.26. The van der Waals surface area contributed by atoms with Crippen molar-refractivity contribution in [1.29, 1.82) is 0 Å². The van der Waals surface area contributed by atoms with E-state index in [1.807, 2.05) is 6.07 Å². The van der Waals surface area contributed by atoms with Gasteiger partial charge in [0.25, 0.3) is 0 Å². The molecule has 0 fully saturated rings. The highest BCUT2D eigenvalue weighted by Crippen LogP contribution is 2.24. The van der Waals surface area contributed by atoms with E-state index in [-0.39, 0.29) is 11.6 Å². The molecule has 0 amide bonds. The van der Waals surface area contributed by atoms with Crippen LogP contribution in [0.25, 0.3) is 0 Å². The second-order valence-corrected chi connectivity index (χ2v) is 4.31. The standard InChI is InChI=1S/C11H12BrClF2O/c12-5-1-2-8-3-4-9(7-13)10(6-8)16-11(14)15/h3-4,6,11H,1-2,5,7H2. The molecule has 1 rings (SSSR count). The summed E-state index contributed by atoms with van der Waals surface area (Å²) in [6, 6.07) is 5.25. The lowest BCUT2D eigenvalue weighted by Gasteiger charge is -2.10. The van der Waals surface area contributed by atoms with E-state index in [9.17, 15) is 8.78 Å². The van der Waals surface area contributed by atoms with Crippen molar-refractivity contribution in [3.63, 3.8) is 0 Å². The van der Waals surface area contributed by atoms with Crippen LogP contribution in [0.5, 0.6) is 5.75 Å². The molecule has 1 aromatic rings. The van der Waals surface area contributed by atoms with Crippen LogP contribution in [0.1, 0.15) is 17.5 Å². The Hall–Kier alpha value is -0.350.